The maximum absolute atomic E-state index is 12.6. The average Bonchev–Trinajstić information content (AvgIpc) is 2.56. The fourth-order valence-corrected chi connectivity index (χ4v) is 3.34. The van der Waals surface area contributed by atoms with Gasteiger partial charge in [0.1, 0.15) is 23.0 Å². The Balaban J connectivity index is 1.96. The van der Waals surface area contributed by atoms with E-state index < -0.39 is 24.0 Å². The molecule has 0 saturated heterocycles. The van der Waals surface area contributed by atoms with Crippen LogP contribution in [0.3, 0.4) is 0 Å². The Morgan fingerprint density at radius 2 is 1.00 bits per heavy atom. The van der Waals surface area contributed by atoms with Gasteiger partial charge in [-0.2, -0.15) is 0 Å². The van der Waals surface area contributed by atoms with Gasteiger partial charge in [0, 0.05) is 11.1 Å². The van der Waals surface area contributed by atoms with Crippen LogP contribution in [-0.4, -0.2) is 32.6 Å². The number of hydrogen-bond acceptors (Lipinski definition) is 6. The summed E-state index contributed by atoms with van der Waals surface area (Å²) < 4.78 is 0. The molecule has 3 rings (SSSR count). The molecule has 6 nitrogen and oxygen atoms in total. The van der Waals surface area contributed by atoms with E-state index in [1.807, 2.05) is 0 Å². The lowest BCUT2D eigenvalue weighted by atomic mass is 9.62. The molecule has 0 aliphatic heterocycles. The van der Waals surface area contributed by atoms with Crippen molar-refractivity contribution in [3.05, 3.63) is 46.5 Å². The van der Waals surface area contributed by atoms with Crippen molar-refractivity contribution in [2.45, 2.75) is 37.9 Å². The Labute approximate surface area is 138 Å². The van der Waals surface area contributed by atoms with Crippen LogP contribution in [0.4, 0.5) is 0 Å². The molecule has 0 unspecified atom stereocenters. The molecule has 0 radical (unpaired) electrons. The zero-order valence-corrected chi connectivity index (χ0v) is 13.2. The summed E-state index contributed by atoms with van der Waals surface area (Å²) in [7, 11) is 0. The molecule has 0 amide bonds. The monoisotopic (exact) mass is 330 g/mol. The summed E-state index contributed by atoms with van der Waals surface area (Å²) in [6, 6.07) is 5.46. The molecular formula is C18H18O6-2. The Hall–Kier alpha value is -2.44. The number of hydrogen-bond donors (Lipinski definition) is 4. The lowest BCUT2D eigenvalue weighted by Gasteiger charge is -2.61. The molecule has 0 heterocycles. The molecular weight excluding hydrogens is 312 g/mol. The second-order valence-electron chi connectivity index (χ2n) is 6.28. The van der Waals surface area contributed by atoms with E-state index in [-0.39, 0.29) is 45.3 Å². The van der Waals surface area contributed by atoms with Crippen molar-refractivity contribution >= 4 is 0 Å². The zero-order valence-electron chi connectivity index (χ0n) is 13.2. The summed E-state index contributed by atoms with van der Waals surface area (Å²) in [5.41, 5.74) is 0.880. The summed E-state index contributed by atoms with van der Waals surface area (Å²) >= 11 is 0. The summed E-state index contributed by atoms with van der Waals surface area (Å²) in [4.78, 5) is 0. The largest absolute Gasteiger partial charge is 0.851 e. The first-order valence-electron chi connectivity index (χ1n) is 7.60. The van der Waals surface area contributed by atoms with E-state index in [1.165, 1.54) is 38.1 Å². The van der Waals surface area contributed by atoms with Crippen LogP contribution in [0.25, 0.3) is 0 Å². The van der Waals surface area contributed by atoms with Crippen molar-refractivity contribution < 1.29 is 30.6 Å². The maximum atomic E-state index is 12.6. The SMILES string of the molecule is Cc1c(O)ccc(C2C([O-])C(c3ccc(O)c(C)c3O)C2[O-])c1O. The normalized spacial score (nSPS) is 26.2. The molecule has 0 atom stereocenters. The molecule has 0 aromatic heterocycles. The van der Waals surface area contributed by atoms with Gasteiger partial charge in [-0.1, -0.05) is 12.1 Å². The molecule has 1 saturated carbocycles. The molecule has 4 N–H and O–H groups in total. The first-order chi connectivity index (χ1) is 11.3. The van der Waals surface area contributed by atoms with Gasteiger partial charge in [-0.3, -0.25) is 0 Å². The highest BCUT2D eigenvalue weighted by Crippen LogP contribution is 2.51. The second-order valence-corrected chi connectivity index (χ2v) is 6.28. The van der Waals surface area contributed by atoms with E-state index in [1.54, 1.807) is 0 Å². The number of phenolic OH excluding ortho intramolecular Hbond substituents is 4. The minimum absolute atomic E-state index is 0.108. The number of rotatable bonds is 2. The van der Waals surface area contributed by atoms with Gasteiger partial charge < -0.3 is 30.6 Å². The fraction of sp³-hybridized carbons (Fsp3) is 0.333. The van der Waals surface area contributed by atoms with Gasteiger partial charge in [-0.05, 0) is 48.9 Å². The quantitative estimate of drug-likeness (QED) is 0.634. The topological polar surface area (TPSA) is 127 Å². The van der Waals surface area contributed by atoms with Crippen LogP contribution in [-0.2, 0) is 0 Å². The van der Waals surface area contributed by atoms with Gasteiger partial charge in [0.2, 0.25) is 0 Å². The molecule has 0 spiro atoms. The smallest absolute Gasteiger partial charge is 0.125 e. The highest BCUT2D eigenvalue weighted by Gasteiger charge is 2.41. The second kappa shape index (κ2) is 5.58. The predicted octanol–water partition coefficient (Wildman–Crippen LogP) is 0.465. The third-order valence-corrected chi connectivity index (χ3v) is 5.00. The van der Waals surface area contributed by atoms with Crippen molar-refractivity contribution in [1.29, 1.82) is 0 Å². The first kappa shape index (κ1) is 16.4. The molecule has 2 aromatic carbocycles. The molecule has 1 aliphatic carbocycles. The van der Waals surface area contributed by atoms with Crippen LogP contribution in [0, 0.1) is 13.8 Å². The standard InChI is InChI=1S/C18H18O6/c1-7-11(19)5-3-9(15(7)21)13-17(23)14(18(13)24)10-4-6-12(20)8(2)16(10)22/h3-6,13-14,17-22H,1-2H3/q-2. The van der Waals surface area contributed by atoms with Crippen molar-refractivity contribution in [3.63, 3.8) is 0 Å². The Bertz CT molecular complexity index is 725. The minimum Gasteiger partial charge on any atom is -0.851 e. The van der Waals surface area contributed by atoms with E-state index in [9.17, 15) is 30.6 Å². The van der Waals surface area contributed by atoms with Crippen molar-refractivity contribution in [3.8, 4) is 23.0 Å². The van der Waals surface area contributed by atoms with Crippen LogP contribution in [0.2, 0.25) is 0 Å². The summed E-state index contributed by atoms with van der Waals surface area (Å²) in [5, 5.41) is 64.6. The van der Waals surface area contributed by atoms with Crippen molar-refractivity contribution in [2.75, 3.05) is 0 Å². The third-order valence-electron chi connectivity index (χ3n) is 5.00. The summed E-state index contributed by atoms with van der Waals surface area (Å²) in [5.74, 6) is -2.62. The summed E-state index contributed by atoms with van der Waals surface area (Å²) in [6.07, 6.45) is -2.67. The Kier molecular flexibility index (Phi) is 3.81. The molecule has 128 valence electrons. The number of benzene rings is 2. The lowest BCUT2D eigenvalue weighted by Crippen LogP contribution is -2.63. The predicted molar refractivity (Wildman–Crippen MR) is 82.1 cm³/mol. The van der Waals surface area contributed by atoms with Crippen LogP contribution in [0.15, 0.2) is 24.3 Å². The van der Waals surface area contributed by atoms with Crippen LogP contribution in [0.5, 0.6) is 23.0 Å². The van der Waals surface area contributed by atoms with Crippen molar-refractivity contribution in [2.24, 2.45) is 0 Å². The van der Waals surface area contributed by atoms with Crippen LogP contribution >= 0.6 is 0 Å². The van der Waals surface area contributed by atoms with Gasteiger partial charge in [0.25, 0.3) is 0 Å². The molecule has 6 heteroatoms. The van der Waals surface area contributed by atoms with Gasteiger partial charge in [-0.25, -0.2) is 0 Å². The number of phenols is 4. The Morgan fingerprint density at radius 3 is 1.33 bits per heavy atom. The van der Waals surface area contributed by atoms with Gasteiger partial charge in [0.05, 0.1) is 0 Å². The van der Waals surface area contributed by atoms with E-state index in [0.717, 1.165) is 0 Å². The van der Waals surface area contributed by atoms with Crippen molar-refractivity contribution in [1.82, 2.24) is 0 Å². The molecule has 1 aliphatic rings. The molecule has 0 bridgehead atoms. The molecule has 1 fully saturated rings. The van der Waals surface area contributed by atoms with E-state index in [2.05, 4.69) is 0 Å². The van der Waals surface area contributed by atoms with Gasteiger partial charge in [0.15, 0.2) is 0 Å². The van der Waals surface area contributed by atoms with Gasteiger partial charge >= 0.3 is 0 Å². The molecule has 2 aromatic rings. The van der Waals surface area contributed by atoms with E-state index in [0.29, 0.717) is 0 Å². The third kappa shape index (κ3) is 2.18. The van der Waals surface area contributed by atoms with Gasteiger partial charge in [-0.15, -0.1) is 12.2 Å². The average molecular weight is 330 g/mol. The zero-order chi connectivity index (χ0) is 17.8. The Morgan fingerprint density at radius 1 is 0.667 bits per heavy atom. The van der Waals surface area contributed by atoms with E-state index >= 15 is 0 Å². The van der Waals surface area contributed by atoms with Crippen LogP contribution in [0.1, 0.15) is 34.1 Å². The summed E-state index contributed by atoms with van der Waals surface area (Å²) in [6.45, 7) is 3.00. The fourth-order valence-electron chi connectivity index (χ4n) is 3.34. The highest BCUT2D eigenvalue weighted by atomic mass is 16.3. The molecule has 24 heavy (non-hydrogen) atoms. The number of aromatic hydroxyl groups is 4. The first-order valence-corrected chi connectivity index (χ1v) is 7.60. The highest BCUT2D eigenvalue weighted by molar-refractivity contribution is 5.54. The maximum Gasteiger partial charge on any atom is 0.125 e. The van der Waals surface area contributed by atoms with E-state index in [4.69, 9.17) is 0 Å². The lowest BCUT2D eigenvalue weighted by molar-refractivity contribution is -0.536. The van der Waals surface area contributed by atoms with Crippen LogP contribution < -0.4 is 10.2 Å². The minimum atomic E-state index is -1.34.